The van der Waals surface area contributed by atoms with Crippen molar-refractivity contribution in [3.05, 3.63) is 94.2 Å². The van der Waals surface area contributed by atoms with E-state index in [4.69, 9.17) is 4.74 Å². The number of sulfonamides is 1. The molecule has 0 fully saturated rings. The van der Waals surface area contributed by atoms with Crippen LogP contribution in [0, 0.1) is 0 Å². The van der Waals surface area contributed by atoms with Crippen molar-refractivity contribution >= 4 is 38.0 Å². The van der Waals surface area contributed by atoms with Gasteiger partial charge in [-0.3, -0.25) is 4.79 Å². The van der Waals surface area contributed by atoms with Crippen molar-refractivity contribution in [2.24, 2.45) is 0 Å². The zero-order valence-electron chi connectivity index (χ0n) is 21.0. The van der Waals surface area contributed by atoms with Gasteiger partial charge >= 0.3 is 0 Å². The van der Waals surface area contributed by atoms with Crippen molar-refractivity contribution < 1.29 is 17.9 Å². The largest absolute Gasteiger partial charge is 0.497 e. The average molecular weight is 535 g/mol. The highest BCUT2D eigenvalue weighted by Gasteiger charge is 2.35. The molecule has 1 amide bonds. The van der Waals surface area contributed by atoms with Gasteiger partial charge in [0.05, 0.1) is 24.6 Å². The van der Waals surface area contributed by atoms with Gasteiger partial charge in [-0.05, 0) is 59.0 Å². The first-order chi connectivity index (χ1) is 17.9. The fourth-order valence-corrected chi connectivity index (χ4v) is 7.67. The standard InChI is InChI=1S/C29H30N2O4S2/c1-3-17-30(37(33,34)27-10-6-8-21-7-4-5-9-24(21)27)20-28(32)31-18-15-26-25(16-19-36-26)29(31)22-11-13-23(35-2)14-12-22/h4-14,16,19,29H,3,15,17-18,20H2,1-2H3. The number of hydrogen-bond donors (Lipinski definition) is 0. The SMILES string of the molecule is CCCN(CC(=O)N1CCc2sccc2C1c1ccc(OC)cc1)S(=O)(=O)c1cccc2ccccc12. The van der Waals surface area contributed by atoms with Gasteiger partial charge in [-0.25, -0.2) is 8.42 Å². The molecule has 0 spiro atoms. The lowest BCUT2D eigenvalue weighted by molar-refractivity contribution is -0.133. The lowest BCUT2D eigenvalue weighted by Gasteiger charge is -2.37. The minimum absolute atomic E-state index is 0.199. The summed E-state index contributed by atoms with van der Waals surface area (Å²) in [5, 5.41) is 3.58. The number of amides is 1. The zero-order valence-corrected chi connectivity index (χ0v) is 22.6. The third-order valence-electron chi connectivity index (χ3n) is 6.87. The van der Waals surface area contributed by atoms with E-state index in [-0.39, 0.29) is 29.9 Å². The predicted molar refractivity (Wildman–Crippen MR) is 148 cm³/mol. The van der Waals surface area contributed by atoms with Gasteiger partial charge in [0.15, 0.2) is 0 Å². The molecule has 0 radical (unpaired) electrons. The van der Waals surface area contributed by atoms with Crippen LogP contribution >= 0.6 is 11.3 Å². The van der Waals surface area contributed by atoms with Crippen LogP contribution in [0.25, 0.3) is 10.8 Å². The quantitative estimate of drug-likeness (QED) is 0.300. The van der Waals surface area contributed by atoms with E-state index in [1.807, 2.05) is 66.4 Å². The van der Waals surface area contributed by atoms with E-state index in [2.05, 4.69) is 11.4 Å². The molecule has 1 aliphatic rings. The molecule has 0 saturated carbocycles. The maximum Gasteiger partial charge on any atom is 0.244 e. The van der Waals surface area contributed by atoms with E-state index in [1.54, 1.807) is 30.6 Å². The summed E-state index contributed by atoms with van der Waals surface area (Å²) in [6, 6.07) is 22.3. The monoisotopic (exact) mass is 534 g/mol. The van der Waals surface area contributed by atoms with Crippen molar-refractivity contribution in [2.75, 3.05) is 26.7 Å². The van der Waals surface area contributed by atoms with Crippen molar-refractivity contribution in [3.63, 3.8) is 0 Å². The topological polar surface area (TPSA) is 66.9 Å². The Morgan fingerprint density at radius 3 is 2.57 bits per heavy atom. The molecule has 37 heavy (non-hydrogen) atoms. The fourth-order valence-electron chi connectivity index (χ4n) is 5.07. The van der Waals surface area contributed by atoms with Crippen LogP contribution in [0.4, 0.5) is 0 Å². The number of hydrogen-bond acceptors (Lipinski definition) is 5. The Balaban J connectivity index is 1.48. The molecule has 0 bridgehead atoms. The molecule has 2 heterocycles. The maximum absolute atomic E-state index is 13.9. The molecule has 3 aromatic carbocycles. The molecule has 192 valence electrons. The van der Waals surface area contributed by atoms with Gasteiger partial charge in [0.2, 0.25) is 15.9 Å². The van der Waals surface area contributed by atoms with Gasteiger partial charge in [-0.2, -0.15) is 4.31 Å². The minimum Gasteiger partial charge on any atom is -0.497 e. The summed E-state index contributed by atoms with van der Waals surface area (Å²) < 4.78 is 34.4. The molecule has 0 aliphatic carbocycles. The summed E-state index contributed by atoms with van der Waals surface area (Å²) in [4.78, 5) is 17.2. The second kappa shape index (κ2) is 10.7. The third-order valence-corrected chi connectivity index (χ3v) is 9.77. The van der Waals surface area contributed by atoms with Crippen molar-refractivity contribution in [1.82, 2.24) is 9.21 Å². The molecule has 1 aliphatic heterocycles. The summed E-state index contributed by atoms with van der Waals surface area (Å²) >= 11 is 1.70. The van der Waals surface area contributed by atoms with Crippen LogP contribution in [-0.4, -0.2) is 50.3 Å². The van der Waals surface area contributed by atoms with E-state index in [1.165, 1.54) is 9.18 Å². The highest BCUT2D eigenvalue weighted by molar-refractivity contribution is 7.89. The number of thiophene rings is 1. The summed E-state index contributed by atoms with van der Waals surface area (Å²) in [6.45, 7) is 2.53. The number of benzene rings is 3. The normalized spacial score (nSPS) is 15.6. The van der Waals surface area contributed by atoms with Crippen LogP contribution < -0.4 is 4.74 Å². The third kappa shape index (κ3) is 4.89. The number of nitrogens with zero attached hydrogens (tertiary/aromatic N) is 2. The fraction of sp³-hybridized carbons (Fsp3) is 0.276. The summed E-state index contributed by atoms with van der Waals surface area (Å²) in [5.74, 6) is 0.549. The van der Waals surface area contributed by atoms with E-state index in [0.29, 0.717) is 18.4 Å². The summed E-state index contributed by atoms with van der Waals surface area (Å²) in [5.41, 5.74) is 2.08. The Hall–Kier alpha value is -3.20. The highest BCUT2D eigenvalue weighted by atomic mass is 32.2. The summed E-state index contributed by atoms with van der Waals surface area (Å²) in [7, 11) is -2.27. The lowest BCUT2D eigenvalue weighted by Crippen LogP contribution is -2.47. The molecule has 1 atom stereocenters. The highest BCUT2D eigenvalue weighted by Crippen LogP contribution is 2.38. The van der Waals surface area contributed by atoms with Gasteiger partial charge in [0, 0.05) is 23.4 Å². The van der Waals surface area contributed by atoms with E-state index in [0.717, 1.165) is 28.7 Å². The Kier molecular flexibility index (Phi) is 7.33. The summed E-state index contributed by atoms with van der Waals surface area (Å²) in [6.07, 6.45) is 1.36. The van der Waals surface area contributed by atoms with Crippen LogP contribution in [0.3, 0.4) is 0 Å². The second-order valence-electron chi connectivity index (χ2n) is 9.13. The van der Waals surface area contributed by atoms with E-state index < -0.39 is 10.0 Å². The molecule has 6 nitrogen and oxygen atoms in total. The van der Waals surface area contributed by atoms with Crippen LogP contribution in [0.15, 0.2) is 83.1 Å². The van der Waals surface area contributed by atoms with Crippen molar-refractivity contribution in [3.8, 4) is 5.75 Å². The van der Waals surface area contributed by atoms with Crippen LogP contribution in [0.1, 0.15) is 35.4 Å². The predicted octanol–water partition coefficient (Wildman–Crippen LogP) is 5.48. The Bertz CT molecular complexity index is 1510. The zero-order chi connectivity index (χ0) is 26.0. The Morgan fingerprint density at radius 2 is 1.81 bits per heavy atom. The van der Waals surface area contributed by atoms with Crippen molar-refractivity contribution in [1.29, 1.82) is 0 Å². The number of methoxy groups -OCH3 is 1. The molecular formula is C29H30N2O4S2. The molecule has 0 N–H and O–H groups in total. The average Bonchev–Trinajstić information content (AvgIpc) is 3.41. The van der Waals surface area contributed by atoms with Crippen molar-refractivity contribution in [2.45, 2.75) is 30.7 Å². The molecule has 8 heteroatoms. The van der Waals surface area contributed by atoms with Gasteiger partial charge in [-0.1, -0.05) is 55.5 Å². The molecule has 5 rings (SSSR count). The van der Waals surface area contributed by atoms with Crippen LogP contribution in [-0.2, 0) is 21.2 Å². The first-order valence-electron chi connectivity index (χ1n) is 12.4. The lowest BCUT2D eigenvalue weighted by atomic mass is 9.93. The smallest absolute Gasteiger partial charge is 0.244 e. The molecule has 1 aromatic heterocycles. The number of rotatable bonds is 8. The first kappa shape index (κ1) is 25.4. The van der Waals surface area contributed by atoms with E-state index >= 15 is 0 Å². The minimum atomic E-state index is -3.89. The number of ether oxygens (including phenoxy) is 1. The number of fused-ring (bicyclic) bond motifs is 2. The van der Waals surface area contributed by atoms with E-state index in [9.17, 15) is 13.2 Å². The number of carbonyl (C=O) groups is 1. The Labute approximate surface area is 222 Å². The molecule has 4 aromatic rings. The number of carbonyl (C=O) groups excluding carboxylic acids is 1. The molecular weight excluding hydrogens is 504 g/mol. The molecule has 0 saturated heterocycles. The maximum atomic E-state index is 13.9. The van der Waals surface area contributed by atoms with Crippen LogP contribution in [0.2, 0.25) is 0 Å². The second-order valence-corrected chi connectivity index (χ2v) is 12.0. The first-order valence-corrected chi connectivity index (χ1v) is 14.7. The van der Waals surface area contributed by atoms with Gasteiger partial charge < -0.3 is 9.64 Å². The van der Waals surface area contributed by atoms with Gasteiger partial charge in [0.25, 0.3) is 0 Å². The van der Waals surface area contributed by atoms with Crippen LogP contribution in [0.5, 0.6) is 5.75 Å². The Morgan fingerprint density at radius 1 is 1.05 bits per heavy atom. The van der Waals surface area contributed by atoms with Gasteiger partial charge in [0.1, 0.15) is 5.75 Å². The molecule has 1 unspecified atom stereocenters. The van der Waals surface area contributed by atoms with Gasteiger partial charge in [-0.15, -0.1) is 11.3 Å².